The Bertz CT molecular complexity index is 763. The maximum atomic E-state index is 12.1. The van der Waals surface area contributed by atoms with Gasteiger partial charge in [0, 0.05) is 31.9 Å². The molecular formula is C20H23F2N3O3. The van der Waals surface area contributed by atoms with E-state index in [1.54, 1.807) is 7.11 Å². The van der Waals surface area contributed by atoms with Gasteiger partial charge in [-0.2, -0.15) is 8.78 Å². The zero-order valence-electron chi connectivity index (χ0n) is 15.5. The van der Waals surface area contributed by atoms with Gasteiger partial charge in [-0.25, -0.2) is 4.79 Å². The van der Waals surface area contributed by atoms with Crippen molar-refractivity contribution in [1.82, 2.24) is 10.2 Å². The van der Waals surface area contributed by atoms with Gasteiger partial charge in [0.1, 0.15) is 5.75 Å². The Hall–Kier alpha value is -2.71. The minimum Gasteiger partial charge on any atom is -0.497 e. The lowest BCUT2D eigenvalue weighted by Crippen LogP contribution is -2.52. The maximum Gasteiger partial charge on any atom is 0.345 e. The van der Waals surface area contributed by atoms with Crippen molar-refractivity contribution in [3.8, 4) is 5.75 Å². The highest BCUT2D eigenvalue weighted by molar-refractivity contribution is 5.89. The van der Waals surface area contributed by atoms with E-state index in [1.807, 2.05) is 53.4 Å². The third kappa shape index (κ3) is 5.90. The van der Waals surface area contributed by atoms with Gasteiger partial charge in [-0.15, -0.1) is 0 Å². The van der Waals surface area contributed by atoms with Gasteiger partial charge in [-0.3, -0.25) is 4.90 Å². The van der Waals surface area contributed by atoms with Crippen molar-refractivity contribution in [2.45, 2.75) is 25.8 Å². The van der Waals surface area contributed by atoms with Crippen LogP contribution in [0.1, 0.15) is 11.1 Å². The number of methoxy groups -OCH3 is 1. The molecule has 2 aromatic carbocycles. The smallest absolute Gasteiger partial charge is 0.345 e. The molecule has 1 heterocycles. The number of halogens is 2. The Kier molecular flexibility index (Phi) is 6.78. The highest BCUT2D eigenvalue weighted by atomic mass is 19.3. The predicted octanol–water partition coefficient (Wildman–Crippen LogP) is 3.44. The zero-order valence-corrected chi connectivity index (χ0v) is 15.5. The van der Waals surface area contributed by atoms with Crippen LogP contribution in [0, 0.1) is 0 Å². The molecule has 1 aliphatic heterocycles. The van der Waals surface area contributed by atoms with E-state index in [4.69, 9.17) is 4.74 Å². The van der Waals surface area contributed by atoms with Gasteiger partial charge >= 0.3 is 12.6 Å². The van der Waals surface area contributed by atoms with Gasteiger partial charge in [-0.1, -0.05) is 24.3 Å². The Labute approximate surface area is 162 Å². The number of alkyl halides is 2. The van der Waals surface area contributed by atoms with Crippen molar-refractivity contribution in [2.24, 2.45) is 0 Å². The number of hydrogen-bond acceptors (Lipinski definition) is 4. The molecule has 2 amide bonds. The van der Waals surface area contributed by atoms with Crippen LogP contribution >= 0.6 is 0 Å². The summed E-state index contributed by atoms with van der Waals surface area (Å²) >= 11 is 0. The maximum absolute atomic E-state index is 12.1. The van der Waals surface area contributed by atoms with Crippen molar-refractivity contribution in [2.75, 3.05) is 25.5 Å². The minimum atomic E-state index is -2.71. The highest BCUT2D eigenvalue weighted by Crippen LogP contribution is 2.19. The summed E-state index contributed by atoms with van der Waals surface area (Å²) in [6.07, 6.45) is -0.393. The van der Waals surface area contributed by atoms with Crippen LogP contribution in [0.2, 0.25) is 0 Å². The number of benzene rings is 2. The van der Waals surface area contributed by atoms with Crippen LogP contribution in [0.5, 0.6) is 5.75 Å². The fourth-order valence-corrected chi connectivity index (χ4v) is 2.94. The highest BCUT2D eigenvalue weighted by Gasteiger charge is 2.29. The molecule has 0 bridgehead atoms. The molecule has 0 atom stereocenters. The van der Waals surface area contributed by atoms with Crippen molar-refractivity contribution in [3.63, 3.8) is 0 Å². The quantitative estimate of drug-likeness (QED) is 0.724. The van der Waals surface area contributed by atoms with Crippen molar-refractivity contribution >= 4 is 11.7 Å². The number of carbonyl (C=O) groups is 1. The van der Waals surface area contributed by atoms with Crippen LogP contribution in [0.3, 0.4) is 0 Å². The molecule has 0 saturated carbocycles. The fourth-order valence-electron chi connectivity index (χ4n) is 2.94. The number of anilines is 1. The average Bonchev–Trinajstić information content (AvgIpc) is 2.66. The first kappa shape index (κ1) is 20.0. The van der Waals surface area contributed by atoms with Gasteiger partial charge < -0.3 is 20.1 Å². The molecule has 8 heteroatoms. The van der Waals surface area contributed by atoms with E-state index >= 15 is 0 Å². The monoisotopic (exact) mass is 391 g/mol. The molecule has 28 heavy (non-hydrogen) atoms. The number of rotatable bonds is 8. The SMILES string of the molecule is COc1ccc(CNC(=O)Nc2ccc(CN3CC(OC(F)F)C3)cc2)cc1. The number of carbonyl (C=O) groups excluding carboxylic acids is 1. The van der Waals surface area contributed by atoms with Gasteiger partial charge in [-0.05, 0) is 35.4 Å². The molecule has 0 radical (unpaired) electrons. The Morgan fingerprint density at radius 3 is 2.36 bits per heavy atom. The van der Waals surface area contributed by atoms with Crippen LogP contribution < -0.4 is 15.4 Å². The summed E-state index contributed by atoms with van der Waals surface area (Å²) in [5.41, 5.74) is 2.69. The molecule has 2 N–H and O–H groups in total. The van der Waals surface area contributed by atoms with Crippen molar-refractivity contribution < 1.29 is 23.0 Å². The third-order valence-electron chi connectivity index (χ3n) is 4.45. The van der Waals surface area contributed by atoms with Crippen LogP contribution in [0.15, 0.2) is 48.5 Å². The third-order valence-corrected chi connectivity index (χ3v) is 4.45. The number of nitrogens with one attached hydrogen (secondary N) is 2. The Morgan fingerprint density at radius 1 is 1.11 bits per heavy atom. The second-order valence-electron chi connectivity index (χ2n) is 6.57. The summed E-state index contributed by atoms with van der Waals surface area (Å²) in [4.78, 5) is 14.0. The van der Waals surface area contributed by atoms with E-state index in [0.717, 1.165) is 16.9 Å². The van der Waals surface area contributed by atoms with E-state index in [2.05, 4.69) is 15.4 Å². The lowest BCUT2D eigenvalue weighted by atomic mass is 10.1. The molecule has 1 fully saturated rings. The second-order valence-corrected chi connectivity index (χ2v) is 6.57. The number of amides is 2. The average molecular weight is 391 g/mol. The van der Waals surface area contributed by atoms with Gasteiger partial charge in [0.2, 0.25) is 0 Å². The second kappa shape index (κ2) is 9.48. The fraction of sp³-hybridized carbons (Fsp3) is 0.350. The summed E-state index contributed by atoms with van der Waals surface area (Å²) < 4.78 is 33.8. The predicted molar refractivity (Wildman–Crippen MR) is 101 cm³/mol. The Balaban J connectivity index is 1.39. The molecule has 0 aromatic heterocycles. The largest absolute Gasteiger partial charge is 0.497 e. The summed E-state index contributed by atoms with van der Waals surface area (Å²) in [5, 5.41) is 5.58. The molecule has 0 aliphatic carbocycles. The molecule has 6 nitrogen and oxygen atoms in total. The summed E-state index contributed by atoms with van der Waals surface area (Å²) in [6, 6.07) is 14.6. The lowest BCUT2D eigenvalue weighted by molar-refractivity contribution is -0.196. The molecule has 150 valence electrons. The van der Waals surface area contributed by atoms with Crippen LogP contribution in [0.4, 0.5) is 19.3 Å². The summed E-state index contributed by atoms with van der Waals surface area (Å²) in [7, 11) is 1.61. The number of likely N-dealkylation sites (tertiary alicyclic amines) is 1. The zero-order chi connectivity index (χ0) is 19.9. The molecule has 1 saturated heterocycles. The standard InChI is InChI=1S/C20H23F2N3O3/c1-27-17-8-4-14(5-9-17)10-23-20(26)24-16-6-2-15(3-7-16)11-25-12-18(13-25)28-19(21)22/h2-9,18-19H,10-13H2,1H3,(H2,23,24,26). The molecule has 0 spiro atoms. The normalized spacial score (nSPS) is 14.6. The van der Waals surface area contributed by atoms with E-state index in [0.29, 0.717) is 31.9 Å². The Morgan fingerprint density at radius 2 is 1.75 bits per heavy atom. The van der Waals surface area contributed by atoms with Crippen LogP contribution in [-0.2, 0) is 17.8 Å². The molecule has 3 rings (SSSR count). The number of urea groups is 1. The summed E-state index contributed by atoms with van der Waals surface area (Å²) in [5.74, 6) is 0.767. The summed E-state index contributed by atoms with van der Waals surface area (Å²) in [6.45, 7) is -0.651. The van der Waals surface area contributed by atoms with E-state index in [1.165, 1.54) is 0 Å². The van der Waals surface area contributed by atoms with Crippen LogP contribution in [-0.4, -0.2) is 43.8 Å². The molecule has 2 aromatic rings. The van der Waals surface area contributed by atoms with Crippen molar-refractivity contribution in [1.29, 1.82) is 0 Å². The number of hydrogen-bond donors (Lipinski definition) is 2. The number of nitrogens with zero attached hydrogens (tertiary/aromatic N) is 1. The van der Waals surface area contributed by atoms with Gasteiger partial charge in [0.15, 0.2) is 0 Å². The molecule has 1 aliphatic rings. The van der Waals surface area contributed by atoms with Gasteiger partial charge in [0.25, 0.3) is 0 Å². The topological polar surface area (TPSA) is 62.8 Å². The lowest BCUT2D eigenvalue weighted by Gasteiger charge is -2.38. The van der Waals surface area contributed by atoms with E-state index in [-0.39, 0.29) is 6.03 Å². The van der Waals surface area contributed by atoms with E-state index in [9.17, 15) is 13.6 Å². The van der Waals surface area contributed by atoms with Crippen LogP contribution in [0.25, 0.3) is 0 Å². The number of ether oxygens (including phenoxy) is 2. The molecule has 0 unspecified atom stereocenters. The molecular weight excluding hydrogens is 368 g/mol. The van der Waals surface area contributed by atoms with Crippen molar-refractivity contribution in [3.05, 3.63) is 59.7 Å². The first-order valence-electron chi connectivity index (χ1n) is 8.94. The van der Waals surface area contributed by atoms with Gasteiger partial charge in [0.05, 0.1) is 13.2 Å². The first-order valence-corrected chi connectivity index (χ1v) is 8.94. The van der Waals surface area contributed by atoms with E-state index < -0.39 is 12.7 Å². The minimum absolute atomic E-state index is 0.293. The first-order chi connectivity index (χ1) is 13.5.